The van der Waals surface area contributed by atoms with Crippen molar-refractivity contribution >= 4 is 35.2 Å². The highest BCUT2D eigenvalue weighted by Crippen LogP contribution is 2.43. The summed E-state index contributed by atoms with van der Waals surface area (Å²) in [6, 6.07) is 22.4. The molecule has 1 heterocycles. The molecular formula is C23H18ClNO4S. The molecule has 1 amide bonds. The number of hydrogen-bond donors (Lipinski definition) is 1. The summed E-state index contributed by atoms with van der Waals surface area (Å²) in [7, 11) is 0. The molecule has 0 saturated carbocycles. The molecular weight excluding hydrogens is 422 g/mol. The summed E-state index contributed by atoms with van der Waals surface area (Å²) < 4.78 is 5.90. The van der Waals surface area contributed by atoms with Gasteiger partial charge >= 0.3 is 5.97 Å². The summed E-state index contributed by atoms with van der Waals surface area (Å²) >= 11 is 7.45. The molecule has 0 radical (unpaired) electrons. The maximum atomic E-state index is 13.2. The Kier molecular flexibility index (Phi) is 5.97. The Hall–Kier alpha value is -2.96. The number of ether oxygens (including phenoxy) is 1. The number of hydrogen-bond acceptors (Lipinski definition) is 4. The SMILES string of the molecule is O=C(O)C1CSC(c2cccc(Oc3ccccc3)c2)N1C(=O)c1cccc(Cl)c1. The zero-order valence-electron chi connectivity index (χ0n) is 15.8. The summed E-state index contributed by atoms with van der Waals surface area (Å²) in [4.78, 5) is 26.5. The van der Waals surface area contributed by atoms with Crippen molar-refractivity contribution in [3.8, 4) is 11.5 Å². The van der Waals surface area contributed by atoms with Crippen molar-refractivity contribution in [3.63, 3.8) is 0 Å². The highest BCUT2D eigenvalue weighted by Gasteiger charge is 2.42. The van der Waals surface area contributed by atoms with Crippen molar-refractivity contribution < 1.29 is 19.4 Å². The Morgan fingerprint density at radius 3 is 2.43 bits per heavy atom. The fraction of sp³-hybridized carbons (Fsp3) is 0.130. The van der Waals surface area contributed by atoms with E-state index in [1.54, 1.807) is 24.3 Å². The standard InChI is InChI=1S/C23H18ClNO4S/c24-17-8-4-6-15(12-17)21(26)25-20(23(27)28)14-30-22(25)16-7-5-11-19(13-16)29-18-9-2-1-3-10-18/h1-13,20,22H,14H2,(H,27,28). The third-order valence-electron chi connectivity index (χ3n) is 4.71. The predicted octanol–water partition coefficient (Wildman–Crippen LogP) is 5.47. The molecule has 3 aromatic carbocycles. The van der Waals surface area contributed by atoms with Crippen LogP contribution < -0.4 is 4.74 Å². The molecule has 30 heavy (non-hydrogen) atoms. The van der Waals surface area contributed by atoms with Gasteiger partial charge in [0.2, 0.25) is 0 Å². The van der Waals surface area contributed by atoms with Gasteiger partial charge in [-0.25, -0.2) is 4.79 Å². The highest BCUT2D eigenvalue weighted by molar-refractivity contribution is 7.99. The van der Waals surface area contributed by atoms with Crippen LogP contribution in [-0.4, -0.2) is 33.7 Å². The molecule has 0 spiro atoms. The molecule has 1 saturated heterocycles. The number of carboxylic acids is 1. The maximum absolute atomic E-state index is 13.2. The van der Waals surface area contributed by atoms with Gasteiger partial charge in [0.25, 0.3) is 5.91 Å². The molecule has 1 aliphatic heterocycles. The van der Waals surface area contributed by atoms with Crippen LogP contribution in [0.3, 0.4) is 0 Å². The van der Waals surface area contributed by atoms with Gasteiger partial charge in [-0.2, -0.15) is 0 Å². The predicted molar refractivity (Wildman–Crippen MR) is 117 cm³/mol. The van der Waals surface area contributed by atoms with Gasteiger partial charge < -0.3 is 14.7 Å². The van der Waals surface area contributed by atoms with Crippen molar-refractivity contribution in [2.75, 3.05) is 5.75 Å². The number of carbonyl (C=O) groups excluding carboxylic acids is 1. The molecule has 152 valence electrons. The van der Waals surface area contributed by atoms with E-state index in [0.717, 1.165) is 5.56 Å². The minimum atomic E-state index is -1.03. The van der Waals surface area contributed by atoms with Crippen LogP contribution in [0.25, 0.3) is 0 Å². The van der Waals surface area contributed by atoms with E-state index in [1.807, 2.05) is 54.6 Å². The lowest BCUT2D eigenvalue weighted by atomic mass is 10.1. The van der Waals surface area contributed by atoms with Gasteiger partial charge in [-0.3, -0.25) is 4.79 Å². The molecule has 1 fully saturated rings. The summed E-state index contributed by atoms with van der Waals surface area (Å²) in [5.74, 6) is 0.222. The first-order chi connectivity index (χ1) is 14.5. The van der Waals surface area contributed by atoms with E-state index in [2.05, 4.69) is 0 Å². The quantitative estimate of drug-likeness (QED) is 0.570. The van der Waals surface area contributed by atoms with Gasteiger partial charge in [-0.15, -0.1) is 11.8 Å². The van der Waals surface area contributed by atoms with E-state index in [0.29, 0.717) is 27.8 Å². The summed E-state index contributed by atoms with van der Waals surface area (Å²) in [6.07, 6.45) is 0. The molecule has 4 rings (SSSR count). The van der Waals surface area contributed by atoms with Crippen molar-refractivity contribution in [1.29, 1.82) is 0 Å². The van der Waals surface area contributed by atoms with E-state index in [1.165, 1.54) is 16.7 Å². The minimum absolute atomic E-state index is 0.302. The number of thioether (sulfide) groups is 1. The number of nitrogens with zero attached hydrogens (tertiary/aromatic N) is 1. The van der Waals surface area contributed by atoms with E-state index < -0.39 is 17.4 Å². The van der Waals surface area contributed by atoms with Crippen molar-refractivity contribution in [2.45, 2.75) is 11.4 Å². The molecule has 0 bridgehead atoms. The van der Waals surface area contributed by atoms with E-state index in [-0.39, 0.29) is 5.91 Å². The van der Waals surface area contributed by atoms with Crippen LogP contribution in [0, 0.1) is 0 Å². The number of carboxylic acid groups (broad SMARTS) is 1. The lowest BCUT2D eigenvalue weighted by molar-refractivity contribution is -0.141. The Labute approximate surface area is 183 Å². The summed E-state index contributed by atoms with van der Waals surface area (Å²) in [5.41, 5.74) is 1.16. The van der Waals surface area contributed by atoms with E-state index >= 15 is 0 Å². The first-order valence-electron chi connectivity index (χ1n) is 9.28. The maximum Gasteiger partial charge on any atom is 0.327 e. The average molecular weight is 440 g/mol. The van der Waals surface area contributed by atoms with Crippen LogP contribution in [0.5, 0.6) is 11.5 Å². The third kappa shape index (κ3) is 4.30. The van der Waals surface area contributed by atoms with Gasteiger partial charge in [0.1, 0.15) is 22.9 Å². The second kappa shape index (κ2) is 8.81. The molecule has 1 aliphatic rings. The van der Waals surface area contributed by atoms with Gasteiger partial charge in [0.05, 0.1) is 0 Å². The van der Waals surface area contributed by atoms with Crippen molar-refractivity contribution in [1.82, 2.24) is 4.90 Å². The Morgan fingerprint density at radius 2 is 1.70 bits per heavy atom. The number of rotatable bonds is 5. The van der Waals surface area contributed by atoms with Crippen molar-refractivity contribution in [3.05, 3.63) is 95.0 Å². The Morgan fingerprint density at radius 1 is 0.967 bits per heavy atom. The van der Waals surface area contributed by atoms with Crippen LogP contribution in [0.4, 0.5) is 0 Å². The van der Waals surface area contributed by atoms with Crippen LogP contribution in [0.15, 0.2) is 78.9 Å². The van der Waals surface area contributed by atoms with Crippen molar-refractivity contribution in [2.24, 2.45) is 0 Å². The van der Waals surface area contributed by atoms with Crippen LogP contribution in [-0.2, 0) is 4.79 Å². The van der Waals surface area contributed by atoms with Gasteiger partial charge in [-0.1, -0.05) is 48.0 Å². The monoisotopic (exact) mass is 439 g/mol. The van der Waals surface area contributed by atoms with Crippen LogP contribution >= 0.6 is 23.4 Å². The van der Waals surface area contributed by atoms with E-state index in [4.69, 9.17) is 16.3 Å². The minimum Gasteiger partial charge on any atom is -0.480 e. The number of amides is 1. The number of para-hydroxylation sites is 1. The first-order valence-corrected chi connectivity index (χ1v) is 10.7. The summed E-state index contributed by atoms with van der Waals surface area (Å²) in [5, 5.41) is 9.67. The average Bonchev–Trinajstić information content (AvgIpc) is 3.20. The smallest absolute Gasteiger partial charge is 0.327 e. The molecule has 7 heteroatoms. The Bertz CT molecular complexity index is 1080. The highest BCUT2D eigenvalue weighted by atomic mass is 35.5. The fourth-order valence-electron chi connectivity index (χ4n) is 3.33. The van der Waals surface area contributed by atoms with Gasteiger partial charge in [0, 0.05) is 16.3 Å². The normalized spacial score (nSPS) is 18.2. The molecule has 2 atom stereocenters. The Balaban J connectivity index is 1.66. The lowest BCUT2D eigenvalue weighted by Crippen LogP contribution is -2.42. The van der Waals surface area contributed by atoms with Gasteiger partial charge in [-0.05, 0) is 48.0 Å². The van der Waals surface area contributed by atoms with Crippen LogP contribution in [0.2, 0.25) is 5.02 Å². The second-order valence-electron chi connectivity index (χ2n) is 6.75. The topological polar surface area (TPSA) is 66.8 Å². The number of aliphatic carboxylic acids is 1. The second-order valence-corrected chi connectivity index (χ2v) is 8.30. The third-order valence-corrected chi connectivity index (χ3v) is 6.27. The molecule has 1 N–H and O–H groups in total. The molecule has 5 nitrogen and oxygen atoms in total. The van der Waals surface area contributed by atoms with Gasteiger partial charge in [0.15, 0.2) is 0 Å². The molecule has 0 aliphatic carbocycles. The number of benzene rings is 3. The summed E-state index contributed by atoms with van der Waals surface area (Å²) in [6.45, 7) is 0. The molecule has 2 unspecified atom stereocenters. The molecule has 3 aromatic rings. The zero-order valence-corrected chi connectivity index (χ0v) is 17.3. The van der Waals surface area contributed by atoms with E-state index in [9.17, 15) is 14.7 Å². The largest absolute Gasteiger partial charge is 0.480 e. The van der Waals surface area contributed by atoms with Crippen LogP contribution in [0.1, 0.15) is 21.3 Å². The lowest BCUT2D eigenvalue weighted by Gasteiger charge is -2.28. The number of halogens is 1. The molecule has 0 aromatic heterocycles. The fourth-order valence-corrected chi connectivity index (χ4v) is 4.93. The zero-order chi connectivity index (χ0) is 21.1. The first kappa shape index (κ1) is 20.3. The number of carbonyl (C=O) groups is 2.